The van der Waals surface area contributed by atoms with Gasteiger partial charge in [0, 0.05) is 0 Å². The van der Waals surface area contributed by atoms with Crippen LogP contribution in [0.5, 0.6) is 0 Å². The standard InChI is InChI=1S/C19H21N5/c1-12-6-8-14(9-7-12)16-11-17(15-5-3-4-13(2)10-15)24-19(21-16)22-18(20)23-24/h3-10,16-17H,11H2,1-2H3,(H3,20,21,22,23)/t16-,17+/m0/s1. The maximum Gasteiger partial charge on any atom is 0.241 e. The molecule has 24 heavy (non-hydrogen) atoms. The molecular weight excluding hydrogens is 298 g/mol. The summed E-state index contributed by atoms with van der Waals surface area (Å²) in [6.07, 6.45) is 0.905. The second kappa shape index (κ2) is 5.67. The van der Waals surface area contributed by atoms with Gasteiger partial charge < -0.3 is 11.1 Å². The van der Waals surface area contributed by atoms with Gasteiger partial charge in [-0.2, -0.15) is 4.98 Å². The number of aromatic nitrogens is 3. The molecule has 5 heteroatoms. The molecule has 3 N–H and O–H groups in total. The van der Waals surface area contributed by atoms with Crippen molar-refractivity contribution in [2.24, 2.45) is 0 Å². The van der Waals surface area contributed by atoms with Crippen LogP contribution < -0.4 is 11.1 Å². The quantitative estimate of drug-likeness (QED) is 0.757. The Morgan fingerprint density at radius 1 is 1.04 bits per heavy atom. The van der Waals surface area contributed by atoms with Crippen LogP contribution in [-0.2, 0) is 0 Å². The Labute approximate surface area is 141 Å². The Balaban J connectivity index is 1.76. The third-order valence-corrected chi connectivity index (χ3v) is 4.61. The van der Waals surface area contributed by atoms with Crippen LogP contribution in [0.2, 0.25) is 0 Å². The van der Waals surface area contributed by atoms with E-state index < -0.39 is 0 Å². The lowest BCUT2D eigenvalue weighted by Crippen LogP contribution is -2.28. The highest BCUT2D eigenvalue weighted by molar-refractivity contribution is 5.42. The van der Waals surface area contributed by atoms with Gasteiger partial charge in [0.05, 0.1) is 12.1 Å². The van der Waals surface area contributed by atoms with Crippen molar-refractivity contribution in [2.45, 2.75) is 32.4 Å². The van der Waals surface area contributed by atoms with E-state index in [1.54, 1.807) is 0 Å². The van der Waals surface area contributed by atoms with Crippen LogP contribution in [0.25, 0.3) is 0 Å². The summed E-state index contributed by atoms with van der Waals surface area (Å²) in [6.45, 7) is 4.21. The number of benzene rings is 2. The van der Waals surface area contributed by atoms with E-state index in [1.165, 1.54) is 22.3 Å². The molecule has 0 fully saturated rings. The molecule has 0 unspecified atom stereocenters. The number of nitrogens with zero attached hydrogens (tertiary/aromatic N) is 3. The molecule has 122 valence electrons. The van der Waals surface area contributed by atoms with Crippen LogP contribution in [-0.4, -0.2) is 14.8 Å². The molecule has 0 saturated carbocycles. The van der Waals surface area contributed by atoms with Gasteiger partial charge in [-0.05, 0) is 31.4 Å². The van der Waals surface area contributed by atoms with Gasteiger partial charge in [-0.3, -0.25) is 0 Å². The van der Waals surface area contributed by atoms with Crippen LogP contribution in [0.1, 0.15) is 40.8 Å². The van der Waals surface area contributed by atoms with Gasteiger partial charge in [0.2, 0.25) is 11.9 Å². The van der Waals surface area contributed by atoms with Crippen LogP contribution in [0.4, 0.5) is 11.9 Å². The number of nitrogen functional groups attached to an aromatic ring is 1. The summed E-state index contributed by atoms with van der Waals surface area (Å²) in [5.74, 6) is 1.04. The molecule has 2 atom stereocenters. The third-order valence-electron chi connectivity index (χ3n) is 4.61. The van der Waals surface area contributed by atoms with Crippen molar-refractivity contribution in [1.82, 2.24) is 14.8 Å². The fourth-order valence-corrected chi connectivity index (χ4v) is 3.37. The maximum absolute atomic E-state index is 5.85. The number of nitrogens with two attached hydrogens (primary N) is 1. The summed E-state index contributed by atoms with van der Waals surface area (Å²) >= 11 is 0. The molecule has 2 aromatic carbocycles. The van der Waals surface area contributed by atoms with Crippen molar-refractivity contribution in [1.29, 1.82) is 0 Å². The predicted octanol–water partition coefficient (Wildman–Crippen LogP) is 3.62. The highest BCUT2D eigenvalue weighted by Crippen LogP contribution is 2.38. The molecule has 0 saturated heterocycles. The van der Waals surface area contributed by atoms with E-state index in [0.717, 1.165) is 12.4 Å². The Hall–Kier alpha value is -2.82. The normalized spacial score (nSPS) is 19.6. The molecule has 4 rings (SSSR count). The van der Waals surface area contributed by atoms with Crippen molar-refractivity contribution >= 4 is 11.9 Å². The molecule has 0 aliphatic carbocycles. The molecule has 1 aliphatic rings. The van der Waals surface area contributed by atoms with Gasteiger partial charge in [-0.15, -0.1) is 5.10 Å². The number of hydrogen-bond acceptors (Lipinski definition) is 4. The van der Waals surface area contributed by atoms with Crippen molar-refractivity contribution in [3.8, 4) is 0 Å². The first-order valence-electron chi connectivity index (χ1n) is 8.22. The van der Waals surface area contributed by atoms with Crippen LogP contribution in [0.15, 0.2) is 48.5 Å². The molecule has 5 nitrogen and oxygen atoms in total. The van der Waals surface area contributed by atoms with Crippen molar-refractivity contribution < 1.29 is 0 Å². The number of nitrogens with one attached hydrogen (secondary N) is 1. The van der Waals surface area contributed by atoms with Gasteiger partial charge >= 0.3 is 0 Å². The van der Waals surface area contributed by atoms with E-state index in [4.69, 9.17) is 5.73 Å². The summed E-state index contributed by atoms with van der Waals surface area (Å²) in [4.78, 5) is 4.36. The SMILES string of the molecule is Cc1ccc([C@@H]2C[C@H](c3cccc(C)c3)n3nc(N)nc3N2)cc1. The summed E-state index contributed by atoms with van der Waals surface area (Å²) in [5, 5.41) is 7.88. The Morgan fingerprint density at radius 3 is 2.58 bits per heavy atom. The average Bonchev–Trinajstić information content (AvgIpc) is 2.94. The zero-order valence-corrected chi connectivity index (χ0v) is 13.9. The first-order chi connectivity index (χ1) is 11.6. The zero-order chi connectivity index (χ0) is 16.7. The van der Waals surface area contributed by atoms with Crippen LogP contribution in [0, 0.1) is 13.8 Å². The molecule has 1 aromatic heterocycles. The second-order valence-electron chi connectivity index (χ2n) is 6.51. The minimum atomic E-state index is 0.122. The van der Waals surface area contributed by atoms with Crippen molar-refractivity contribution in [3.63, 3.8) is 0 Å². The van der Waals surface area contributed by atoms with E-state index in [-0.39, 0.29) is 12.1 Å². The number of aryl methyl sites for hydroxylation is 2. The summed E-state index contributed by atoms with van der Waals surface area (Å²) < 4.78 is 1.91. The average molecular weight is 319 g/mol. The van der Waals surface area contributed by atoms with Crippen LogP contribution >= 0.6 is 0 Å². The lowest BCUT2D eigenvalue weighted by molar-refractivity contribution is 0.431. The highest BCUT2D eigenvalue weighted by Gasteiger charge is 2.30. The first kappa shape index (κ1) is 14.8. The number of rotatable bonds is 2. The molecule has 2 heterocycles. The first-order valence-corrected chi connectivity index (χ1v) is 8.22. The second-order valence-corrected chi connectivity index (χ2v) is 6.51. The van der Waals surface area contributed by atoms with Gasteiger partial charge in [-0.25, -0.2) is 4.68 Å². The van der Waals surface area contributed by atoms with Gasteiger partial charge in [0.1, 0.15) is 0 Å². The van der Waals surface area contributed by atoms with Gasteiger partial charge in [0.15, 0.2) is 0 Å². The van der Waals surface area contributed by atoms with E-state index in [1.807, 2.05) is 4.68 Å². The topological polar surface area (TPSA) is 68.8 Å². The van der Waals surface area contributed by atoms with E-state index in [2.05, 4.69) is 77.8 Å². The Kier molecular flexibility index (Phi) is 3.49. The molecular formula is C19H21N5. The summed E-state index contributed by atoms with van der Waals surface area (Å²) in [7, 11) is 0. The van der Waals surface area contributed by atoms with E-state index in [9.17, 15) is 0 Å². The summed E-state index contributed by atoms with van der Waals surface area (Å²) in [6, 6.07) is 17.5. The lowest BCUT2D eigenvalue weighted by Gasteiger charge is -2.32. The largest absolute Gasteiger partial charge is 0.366 e. The number of fused-ring (bicyclic) bond motifs is 1. The maximum atomic E-state index is 5.85. The fraction of sp³-hybridized carbons (Fsp3) is 0.263. The monoisotopic (exact) mass is 319 g/mol. The molecule has 1 aliphatic heterocycles. The predicted molar refractivity (Wildman–Crippen MR) is 95.9 cm³/mol. The molecule has 0 radical (unpaired) electrons. The smallest absolute Gasteiger partial charge is 0.241 e. The summed E-state index contributed by atoms with van der Waals surface area (Å²) in [5.41, 5.74) is 10.8. The van der Waals surface area contributed by atoms with E-state index >= 15 is 0 Å². The van der Waals surface area contributed by atoms with Gasteiger partial charge in [0.25, 0.3) is 0 Å². The molecule has 0 amide bonds. The molecule has 3 aromatic rings. The number of anilines is 2. The molecule has 0 spiro atoms. The fourth-order valence-electron chi connectivity index (χ4n) is 3.37. The minimum Gasteiger partial charge on any atom is -0.366 e. The zero-order valence-electron chi connectivity index (χ0n) is 13.9. The molecule has 0 bridgehead atoms. The van der Waals surface area contributed by atoms with Crippen molar-refractivity contribution in [3.05, 3.63) is 70.8 Å². The highest BCUT2D eigenvalue weighted by atomic mass is 15.4. The number of hydrogen-bond donors (Lipinski definition) is 2. The minimum absolute atomic E-state index is 0.122. The van der Waals surface area contributed by atoms with Gasteiger partial charge in [-0.1, -0.05) is 59.7 Å². The van der Waals surface area contributed by atoms with Crippen molar-refractivity contribution in [2.75, 3.05) is 11.1 Å². The van der Waals surface area contributed by atoms with E-state index in [0.29, 0.717) is 5.95 Å². The third kappa shape index (κ3) is 2.62. The lowest BCUT2D eigenvalue weighted by atomic mass is 9.92. The Bertz CT molecular complexity index is 866. The van der Waals surface area contributed by atoms with Crippen LogP contribution in [0.3, 0.4) is 0 Å². The Morgan fingerprint density at radius 2 is 1.83 bits per heavy atom.